The van der Waals surface area contributed by atoms with Gasteiger partial charge in [-0.15, -0.1) is 0 Å². The number of benzene rings is 1. The summed E-state index contributed by atoms with van der Waals surface area (Å²) in [6, 6.07) is 5.69. The van der Waals surface area contributed by atoms with Crippen molar-refractivity contribution in [1.29, 1.82) is 5.26 Å². The minimum atomic E-state index is -0.634. The summed E-state index contributed by atoms with van der Waals surface area (Å²) in [5, 5.41) is 26.1. The number of nitro benzene ring substituents is 1. The normalized spacial score (nSPS) is 24.1. The second-order valence-electron chi connectivity index (χ2n) is 7.43. The van der Waals surface area contributed by atoms with Crippen LogP contribution in [0.3, 0.4) is 0 Å². The molecular weight excluding hydrogens is 365 g/mol. The van der Waals surface area contributed by atoms with Crippen molar-refractivity contribution >= 4 is 17.3 Å². The van der Waals surface area contributed by atoms with E-state index in [2.05, 4.69) is 16.7 Å². The zero-order chi connectivity index (χ0) is 20.1. The van der Waals surface area contributed by atoms with Crippen LogP contribution in [-0.4, -0.2) is 47.4 Å². The molecule has 1 amide bonds. The van der Waals surface area contributed by atoms with Crippen LogP contribution in [0.2, 0.25) is 0 Å². The molecule has 0 spiro atoms. The quantitative estimate of drug-likeness (QED) is 0.547. The van der Waals surface area contributed by atoms with E-state index in [9.17, 15) is 19.3 Å². The highest BCUT2D eigenvalue weighted by Gasteiger charge is 2.30. The number of anilines is 1. The largest absolute Gasteiger partial charge is 0.382 e. The first-order valence-electron chi connectivity index (χ1n) is 9.58. The second-order valence-corrected chi connectivity index (χ2v) is 7.43. The molecule has 0 bridgehead atoms. The van der Waals surface area contributed by atoms with Gasteiger partial charge in [-0.05, 0) is 44.1 Å². The highest BCUT2D eigenvalue weighted by atomic mass is 19.1. The maximum absolute atomic E-state index is 13.9. The monoisotopic (exact) mass is 389 g/mol. The van der Waals surface area contributed by atoms with Crippen LogP contribution in [0.5, 0.6) is 0 Å². The minimum absolute atomic E-state index is 0.0291. The Morgan fingerprint density at radius 3 is 2.93 bits per heavy atom. The van der Waals surface area contributed by atoms with Crippen molar-refractivity contribution in [2.24, 2.45) is 5.92 Å². The van der Waals surface area contributed by atoms with E-state index < -0.39 is 10.7 Å². The molecule has 1 aliphatic carbocycles. The summed E-state index contributed by atoms with van der Waals surface area (Å²) in [6.45, 7) is 1.46. The lowest BCUT2D eigenvalue weighted by atomic mass is 10.1. The third kappa shape index (κ3) is 4.75. The lowest BCUT2D eigenvalue weighted by Crippen LogP contribution is -2.43. The van der Waals surface area contributed by atoms with Crippen molar-refractivity contribution in [1.82, 2.24) is 10.2 Å². The molecule has 1 saturated carbocycles. The maximum atomic E-state index is 13.9. The molecule has 150 valence electrons. The number of hydrogen-bond acceptors (Lipinski definition) is 6. The number of likely N-dealkylation sites (tertiary alicyclic amines) is 1. The van der Waals surface area contributed by atoms with Gasteiger partial charge in [-0.2, -0.15) is 5.26 Å². The molecule has 0 aromatic heterocycles. The molecule has 0 radical (unpaired) electrons. The van der Waals surface area contributed by atoms with Crippen LogP contribution in [0.25, 0.3) is 0 Å². The van der Waals surface area contributed by atoms with Gasteiger partial charge >= 0.3 is 0 Å². The summed E-state index contributed by atoms with van der Waals surface area (Å²) in [5.41, 5.74) is -0.0109. The highest BCUT2D eigenvalue weighted by molar-refractivity contribution is 5.79. The van der Waals surface area contributed by atoms with Crippen LogP contribution in [0, 0.1) is 33.2 Å². The Labute approximate surface area is 162 Å². The van der Waals surface area contributed by atoms with Gasteiger partial charge in [0.25, 0.3) is 5.69 Å². The first-order chi connectivity index (χ1) is 13.5. The smallest absolute Gasteiger partial charge is 0.272 e. The number of carbonyl (C=O) groups excluding carboxylic acids is 1. The van der Waals surface area contributed by atoms with E-state index in [1.807, 2.05) is 0 Å². The number of halogens is 1. The van der Waals surface area contributed by atoms with Gasteiger partial charge < -0.3 is 15.5 Å². The maximum Gasteiger partial charge on any atom is 0.272 e. The molecule has 1 aliphatic heterocycles. The summed E-state index contributed by atoms with van der Waals surface area (Å²) in [6.07, 6.45) is 4.39. The molecule has 28 heavy (non-hydrogen) atoms. The summed E-state index contributed by atoms with van der Waals surface area (Å²) < 4.78 is 13.9. The first kappa shape index (κ1) is 20.0. The van der Waals surface area contributed by atoms with Crippen LogP contribution >= 0.6 is 0 Å². The number of nitro groups is 1. The number of carbonyl (C=O) groups is 1. The van der Waals surface area contributed by atoms with Gasteiger partial charge in [0.1, 0.15) is 6.04 Å². The molecule has 2 N–H and O–H groups in total. The van der Waals surface area contributed by atoms with Crippen molar-refractivity contribution < 1.29 is 14.1 Å². The SMILES string of the molecule is N#C[C@@H]1CCCN1C(=O)CN[C@@H]1CC[C@H](CNc2ccc([N+](=O)[O-])cc2F)C1. The zero-order valence-corrected chi connectivity index (χ0v) is 15.6. The van der Waals surface area contributed by atoms with E-state index in [0.717, 1.165) is 38.2 Å². The summed E-state index contributed by atoms with van der Waals surface area (Å²) in [4.78, 5) is 24.0. The van der Waals surface area contributed by atoms with Gasteiger partial charge in [0.2, 0.25) is 5.91 Å². The van der Waals surface area contributed by atoms with E-state index in [1.54, 1.807) is 4.90 Å². The molecule has 1 heterocycles. The van der Waals surface area contributed by atoms with Gasteiger partial charge in [0.15, 0.2) is 5.82 Å². The third-order valence-corrected chi connectivity index (χ3v) is 5.55. The second kappa shape index (κ2) is 8.97. The molecule has 1 aromatic rings. The lowest BCUT2D eigenvalue weighted by Gasteiger charge is -2.21. The molecule has 2 fully saturated rings. The Hall–Kier alpha value is -2.73. The number of nitrogens with one attached hydrogen (secondary N) is 2. The predicted molar refractivity (Wildman–Crippen MR) is 101 cm³/mol. The van der Waals surface area contributed by atoms with E-state index in [1.165, 1.54) is 12.1 Å². The predicted octanol–water partition coefficient (Wildman–Crippen LogP) is 2.42. The number of nitriles is 1. The number of nitrogens with zero attached hydrogens (tertiary/aromatic N) is 3. The average molecular weight is 389 g/mol. The number of non-ortho nitro benzene ring substituents is 1. The number of rotatable bonds is 7. The first-order valence-corrected chi connectivity index (χ1v) is 9.58. The fraction of sp³-hybridized carbons (Fsp3) is 0.579. The van der Waals surface area contributed by atoms with Crippen molar-refractivity contribution in [3.05, 3.63) is 34.1 Å². The Kier molecular flexibility index (Phi) is 6.41. The summed E-state index contributed by atoms with van der Waals surface area (Å²) in [7, 11) is 0. The third-order valence-electron chi connectivity index (χ3n) is 5.55. The molecule has 1 aromatic carbocycles. The Morgan fingerprint density at radius 1 is 1.39 bits per heavy atom. The van der Waals surface area contributed by atoms with Crippen molar-refractivity contribution in [2.75, 3.05) is 25.0 Å². The molecule has 3 rings (SSSR count). The van der Waals surface area contributed by atoms with Gasteiger partial charge in [-0.1, -0.05) is 0 Å². The molecule has 9 heteroatoms. The van der Waals surface area contributed by atoms with Crippen LogP contribution in [0.1, 0.15) is 32.1 Å². The molecule has 3 atom stereocenters. The molecule has 2 aliphatic rings. The van der Waals surface area contributed by atoms with E-state index >= 15 is 0 Å². The zero-order valence-electron chi connectivity index (χ0n) is 15.6. The topological polar surface area (TPSA) is 111 Å². The van der Waals surface area contributed by atoms with E-state index in [4.69, 9.17) is 5.26 Å². The Balaban J connectivity index is 1.41. The van der Waals surface area contributed by atoms with Gasteiger partial charge in [0.05, 0.1) is 29.3 Å². The van der Waals surface area contributed by atoms with Crippen LogP contribution in [-0.2, 0) is 4.79 Å². The van der Waals surface area contributed by atoms with Gasteiger partial charge in [-0.25, -0.2) is 4.39 Å². The number of amides is 1. The molecular formula is C19H24FN5O3. The fourth-order valence-electron chi connectivity index (χ4n) is 3.99. The van der Waals surface area contributed by atoms with E-state index in [0.29, 0.717) is 19.0 Å². The van der Waals surface area contributed by atoms with Crippen molar-refractivity contribution in [3.63, 3.8) is 0 Å². The lowest BCUT2D eigenvalue weighted by molar-refractivity contribution is -0.385. The highest BCUT2D eigenvalue weighted by Crippen LogP contribution is 2.27. The molecule has 1 saturated heterocycles. The van der Waals surface area contributed by atoms with Gasteiger partial charge in [-0.3, -0.25) is 14.9 Å². The van der Waals surface area contributed by atoms with E-state index in [-0.39, 0.29) is 35.9 Å². The van der Waals surface area contributed by atoms with Crippen molar-refractivity contribution in [2.45, 2.75) is 44.2 Å². The standard InChI is InChI=1S/C19H24FN5O3/c20-17-9-15(25(27)28)5-6-18(17)23-11-13-3-4-14(8-13)22-12-19(26)24-7-1-2-16(24)10-21/h5-6,9,13-14,16,22-23H,1-4,7-8,11-12H2/t13-,14+,16-/m0/s1. The van der Waals surface area contributed by atoms with Crippen LogP contribution < -0.4 is 10.6 Å². The Morgan fingerprint density at radius 2 is 2.21 bits per heavy atom. The summed E-state index contributed by atoms with van der Waals surface area (Å²) >= 11 is 0. The summed E-state index contributed by atoms with van der Waals surface area (Å²) in [5.74, 6) is -0.329. The average Bonchev–Trinajstić information content (AvgIpc) is 3.34. The molecule has 8 nitrogen and oxygen atoms in total. The van der Waals surface area contributed by atoms with Crippen LogP contribution in [0.15, 0.2) is 18.2 Å². The van der Waals surface area contributed by atoms with Gasteiger partial charge in [0, 0.05) is 25.2 Å². The Bertz CT molecular complexity index is 781. The van der Waals surface area contributed by atoms with Crippen molar-refractivity contribution in [3.8, 4) is 6.07 Å². The fourth-order valence-corrected chi connectivity index (χ4v) is 3.99. The minimum Gasteiger partial charge on any atom is -0.382 e. The molecule has 0 unspecified atom stereocenters. The number of hydrogen-bond donors (Lipinski definition) is 2. The van der Waals surface area contributed by atoms with Crippen LogP contribution in [0.4, 0.5) is 15.8 Å².